The number of carbonyl (C=O) groups is 1. The van der Waals surface area contributed by atoms with Gasteiger partial charge in [-0.05, 0) is 24.6 Å². The molecule has 6 heteroatoms. The van der Waals surface area contributed by atoms with Gasteiger partial charge in [0.15, 0.2) is 0 Å². The van der Waals surface area contributed by atoms with Crippen LogP contribution in [0.25, 0.3) is 0 Å². The van der Waals surface area contributed by atoms with E-state index in [-0.39, 0.29) is 24.4 Å². The van der Waals surface area contributed by atoms with Crippen molar-refractivity contribution in [3.8, 4) is 0 Å². The SMILES string of the molecule is Cl.NC1CCN(C(=O)c2ccc(Br)cc2Cl)C1. The van der Waals surface area contributed by atoms with Crippen LogP contribution >= 0.6 is 39.9 Å². The fourth-order valence-electron chi connectivity index (χ4n) is 1.81. The molecule has 1 unspecified atom stereocenters. The molecule has 1 heterocycles. The summed E-state index contributed by atoms with van der Waals surface area (Å²) < 4.78 is 0.868. The van der Waals surface area contributed by atoms with Gasteiger partial charge in [-0.1, -0.05) is 27.5 Å². The molecular formula is C11H13BrCl2N2O. The smallest absolute Gasteiger partial charge is 0.255 e. The number of benzene rings is 1. The Bertz CT molecular complexity index is 428. The van der Waals surface area contributed by atoms with Crippen LogP contribution in [0.15, 0.2) is 22.7 Å². The second-order valence-corrected chi connectivity index (χ2v) is 5.25. The highest BCUT2D eigenvalue weighted by atomic mass is 79.9. The zero-order valence-electron chi connectivity index (χ0n) is 9.03. The van der Waals surface area contributed by atoms with Gasteiger partial charge in [0.2, 0.25) is 0 Å². The van der Waals surface area contributed by atoms with Crippen molar-refractivity contribution in [2.24, 2.45) is 5.73 Å². The second-order valence-electron chi connectivity index (χ2n) is 3.92. The van der Waals surface area contributed by atoms with Gasteiger partial charge in [-0.15, -0.1) is 12.4 Å². The zero-order chi connectivity index (χ0) is 11.7. The van der Waals surface area contributed by atoms with E-state index in [1.165, 1.54) is 0 Å². The van der Waals surface area contributed by atoms with E-state index < -0.39 is 0 Å². The Morgan fingerprint density at radius 2 is 2.24 bits per heavy atom. The molecule has 0 radical (unpaired) electrons. The molecule has 1 atom stereocenters. The number of likely N-dealkylation sites (tertiary alicyclic amines) is 1. The van der Waals surface area contributed by atoms with Crippen molar-refractivity contribution in [3.05, 3.63) is 33.3 Å². The van der Waals surface area contributed by atoms with Crippen LogP contribution in [0.5, 0.6) is 0 Å². The number of carbonyl (C=O) groups excluding carboxylic acids is 1. The number of rotatable bonds is 1. The van der Waals surface area contributed by atoms with E-state index >= 15 is 0 Å². The molecule has 1 aromatic carbocycles. The minimum absolute atomic E-state index is 0. The first kappa shape index (κ1) is 14.8. The fourth-order valence-corrected chi connectivity index (χ4v) is 2.56. The topological polar surface area (TPSA) is 46.3 Å². The fraction of sp³-hybridized carbons (Fsp3) is 0.364. The summed E-state index contributed by atoms with van der Waals surface area (Å²) in [7, 11) is 0. The molecule has 0 spiro atoms. The van der Waals surface area contributed by atoms with E-state index in [0.29, 0.717) is 23.7 Å². The summed E-state index contributed by atoms with van der Waals surface area (Å²) in [5.41, 5.74) is 6.31. The third kappa shape index (κ3) is 3.35. The van der Waals surface area contributed by atoms with Gasteiger partial charge in [0, 0.05) is 23.6 Å². The molecule has 1 saturated heterocycles. The lowest BCUT2D eigenvalue weighted by atomic mass is 10.2. The van der Waals surface area contributed by atoms with Crippen LogP contribution in [-0.4, -0.2) is 29.9 Å². The Kier molecular flexibility index (Phi) is 5.25. The normalized spacial score (nSPS) is 19.0. The lowest BCUT2D eigenvalue weighted by Crippen LogP contribution is -2.32. The largest absolute Gasteiger partial charge is 0.337 e. The van der Waals surface area contributed by atoms with Gasteiger partial charge in [0.05, 0.1) is 10.6 Å². The third-order valence-corrected chi connectivity index (χ3v) is 3.48. The molecule has 1 aliphatic rings. The van der Waals surface area contributed by atoms with Crippen molar-refractivity contribution in [1.29, 1.82) is 0 Å². The molecule has 2 N–H and O–H groups in total. The second kappa shape index (κ2) is 6.05. The Morgan fingerprint density at radius 3 is 2.76 bits per heavy atom. The van der Waals surface area contributed by atoms with Gasteiger partial charge in [-0.3, -0.25) is 4.79 Å². The van der Waals surface area contributed by atoms with Crippen molar-refractivity contribution in [1.82, 2.24) is 4.90 Å². The standard InChI is InChI=1S/C11H12BrClN2O.ClH/c12-7-1-2-9(10(13)5-7)11(16)15-4-3-8(14)6-15;/h1-2,5,8H,3-4,6,14H2;1H. The first-order valence-corrected chi connectivity index (χ1v) is 6.25. The van der Waals surface area contributed by atoms with Gasteiger partial charge < -0.3 is 10.6 Å². The highest BCUT2D eigenvalue weighted by molar-refractivity contribution is 9.10. The number of hydrogen-bond acceptors (Lipinski definition) is 2. The molecule has 0 saturated carbocycles. The molecule has 94 valence electrons. The van der Waals surface area contributed by atoms with Crippen LogP contribution in [-0.2, 0) is 0 Å². The number of nitrogens with two attached hydrogens (primary N) is 1. The predicted molar refractivity (Wildman–Crippen MR) is 74.9 cm³/mol. The number of nitrogens with zero attached hydrogens (tertiary/aromatic N) is 1. The Labute approximate surface area is 120 Å². The zero-order valence-corrected chi connectivity index (χ0v) is 12.2. The Morgan fingerprint density at radius 1 is 1.53 bits per heavy atom. The summed E-state index contributed by atoms with van der Waals surface area (Å²) in [5.74, 6) is -0.0366. The molecule has 1 amide bonds. The molecule has 0 aromatic heterocycles. The van der Waals surface area contributed by atoms with Crippen LogP contribution < -0.4 is 5.73 Å². The average Bonchev–Trinajstić information content (AvgIpc) is 2.64. The van der Waals surface area contributed by atoms with Gasteiger partial charge in [-0.2, -0.15) is 0 Å². The number of halogens is 3. The van der Waals surface area contributed by atoms with E-state index in [2.05, 4.69) is 15.9 Å². The maximum Gasteiger partial charge on any atom is 0.255 e. The highest BCUT2D eigenvalue weighted by Crippen LogP contribution is 2.23. The van der Waals surface area contributed by atoms with Crippen LogP contribution in [0, 0.1) is 0 Å². The summed E-state index contributed by atoms with van der Waals surface area (Å²) in [5, 5.41) is 0.472. The number of hydrogen-bond donors (Lipinski definition) is 1. The molecule has 2 rings (SSSR count). The van der Waals surface area contributed by atoms with E-state index in [1.807, 2.05) is 6.07 Å². The maximum absolute atomic E-state index is 12.1. The van der Waals surface area contributed by atoms with Crippen LogP contribution in [0.4, 0.5) is 0 Å². The van der Waals surface area contributed by atoms with Gasteiger partial charge in [-0.25, -0.2) is 0 Å². The van der Waals surface area contributed by atoms with Gasteiger partial charge >= 0.3 is 0 Å². The van der Waals surface area contributed by atoms with E-state index in [0.717, 1.165) is 10.9 Å². The molecule has 0 aliphatic carbocycles. The molecule has 17 heavy (non-hydrogen) atoms. The van der Waals surface area contributed by atoms with Gasteiger partial charge in [0.1, 0.15) is 0 Å². The first-order valence-electron chi connectivity index (χ1n) is 5.08. The van der Waals surface area contributed by atoms with Crippen LogP contribution in [0.1, 0.15) is 16.8 Å². The van der Waals surface area contributed by atoms with E-state index in [1.54, 1.807) is 17.0 Å². The predicted octanol–water partition coefficient (Wildman–Crippen LogP) is 2.70. The summed E-state index contributed by atoms with van der Waals surface area (Å²) >= 11 is 9.34. The molecular weight excluding hydrogens is 327 g/mol. The lowest BCUT2D eigenvalue weighted by molar-refractivity contribution is 0.0791. The van der Waals surface area contributed by atoms with Crippen molar-refractivity contribution >= 4 is 45.8 Å². The molecule has 0 bridgehead atoms. The minimum atomic E-state index is -0.0366. The first-order chi connectivity index (χ1) is 7.58. The van der Waals surface area contributed by atoms with E-state index in [4.69, 9.17) is 17.3 Å². The van der Waals surface area contributed by atoms with Crippen molar-refractivity contribution in [2.75, 3.05) is 13.1 Å². The van der Waals surface area contributed by atoms with Crippen molar-refractivity contribution < 1.29 is 4.79 Å². The van der Waals surface area contributed by atoms with Crippen molar-refractivity contribution in [2.45, 2.75) is 12.5 Å². The summed E-state index contributed by atoms with van der Waals surface area (Å²) in [6, 6.07) is 5.37. The lowest BCUT2D eigenvalue weighted by Gasteiger charge is -2.16. The summed E-state index contributed by atoms with van der Waals surface area (Å²) in [6.45, 7) is 1.33. The van der Waals surface area contributed by atoms with Crippen molar-refractivity contribution in [3.63, 3.8) is 0 Å². The molecule has 1 aromatic rings. The summed E-state index contributed by atoms with van der Waals surface area (Å²) in [4.78, 5) is 13.8. The molecule has 1 fully saturated rings. The molecule has 3 nitrogen and oxygen atoms in total. The third-order valence-electron chi connectivity index (χ3n) is 2.67. The van der Waals surface area contributed by atoms with Crippen LogP contribution in [0.2, 0.25) is 5.02 Å². The van der Waals surface area contributed by atoms with Gasteiger partial charge in [0.25, 0.3) is 5.91 Å². The quantitative estimate of drug-likeness (QED) is 0.855. The molecule has 1 aliphatic heterocycles. The minimum Gasteiger partial charge on any atom is -0.337 e. The van der Waals surface area contributed by atoms with E-state index in [9.17, 15) is 4.79 Å². The summed E-state index contributed by atoms with van der Waals surface area (Å²) in [6.07, 6.45) is 0.861. The Balaban J connectivity index is 0.00000144. The van der Waals surface area contributed by atoms with Crippen LogP contribution in [0.3, 0.4) is 0 Å². The monoisotopic (exact) mass is 338 g/mol. The number of amides is 1. The maximum atomic E-state index is 12.1. The average molecular weight is 340 g/mol. The highest BCUT2D eigenvalue weighted by Gasteiger charge is 2.25. The Hall–Kier alpha value is -0.290.